The fourth-order valence-electron chi connectivity index (χ4n) is 4.69. The minimum absolute atomic E-state index is 0.951. The molecule has 3 heterocycles. The maximum atomic E-state index is 6.21. The van der Waals surface area contributed by atoms with Crippen molar-refractivity contribution in [3.05, 3.63) is 79.0 Å². The van der Waals surface area contributed by atoms with E-state index in [0.29, 0.717) is 0 Å². The highest BCUT2D eigenvalue weighted by Crippen LogP contribution is 2.43. The van der Waals surface area contributed by atoms with E-state index in [2.05, 4.69) is 71.3 Å². The second kappa shape index (κ2) is 4.17. The normalized spacial score (nSPS) is 12.6. The second-order valence-electron chi connectivity index (χ2n) is 7.02. The Labute approximate surface area is 148 Å². The predicted octanol–water partition coefficient (Wildman–Crippen LogP) is 6.74. The molecule has 4 aromatic carbocycles. The molecule has 0 aliphatic heterocycles. The minimum atomic E-state index is 0.951. The van der Waals surface area contributed by atoms with Gasteiger partial charge in [0.25, 0.3) is 0 Å². The van der Waals surface area contributed by atoms with Crippen molar-refractivity contribution >= 4 is 59.9 Å². The third kappa shape index (κ3) is 1.33. The van der Waals surface area contributed by atoms with E-state index >= 15 is 0 Å². The molecule has 0 radical (unpaired) electrons. The highest BCUT2D eigenvalue weighted by molar-refractivity contribution is 6.30. The maximum absolute atomic E-state index is 6.21. The van der Waals surface area contributed by atoms with E-state index < -0.39 is 0 Å². The first-order valence-corrected chi connectivity index (χ1v) is 8.88. The van der Waals surface area contributed by atoms with Gasteiger partial charge in [0.2, 0.25) is 0 Å². The predicted molar refractivity (Wildman–Crippen MR) is 108 cm³/mol. The Kier molecular flexibility index (Phi) is 2.05. The Bertz CT molecular complexity index is 1630. The van der Waals surface area contributed by atoms with Gasteiger partial charge in [0.1, 0.15) is 11.2 Å². The number of para-hydroxylation sites is 1. The lowest BCUT2D eigenvalue weighted by molar-refractivity contribution is 0.669. The number of benzene rings is 4. The van der Waals surface area contributed by atoms with Crippen LogP contribution < -0.4 is 0 Å². The molecule has 120 valence electrons. The summed E-state index contributed by atoms with van der Waals surface area (Å²) in [4.78, 5) is 0. The monoisotopic (exact) mass is 331 g/mol. The quantitative estimate of drug-likeness (QED) is 0.301. The molecule has 26 heavy (non-hydrogen) atoms. The van der Waals surface area contributed by atoms with Crippen LogP contribution in [0.1, 0.15) is 0 Å². The average Bonchev–Trinajstić information content (AvgIpc) is 3.35. The maximum Gasteiger partial charge on any atom is 0.136 e. The first kappa shape index (κ1) is 12.8. The molecule has 0 aliphatic rings. The van der Waals surface area contributed by atoms with Gasteiger partial charge in [-0.05, 0) is 35.0 Å². The lowest BCUT2D eigenvalue weighted by Crippen LogP contribution is -1.77. The number of rotatable bonds is 0. The SMILES string of the molecule is c1ccc2c(c1)ccc1c2c2cc3oc4ccccc4c3c3ccn1c32. The molecular weight excluding hydrogens is 318 g/mol. The summed E-state index contributed by atoms with van der Waals surface area (Å²) in [5.41, 5.74) is 4.46. The van der Waals surface area contributed by atoms with Crippen molar-refractivity contribution in [2.75, 3.05) is 0 Å². The van der Waals surface area contributed by atoms with Crippen molar-refractivity contribution in [1.29, 1.82) is 0 Å². The third-order valence-electron chi connectivity index (χ3n) is 5.74. The Morgan fingerprint density at radius 3 is 2.42 bits per heavy atom. The Morgan fingerprint density at radius 2 is 1.46 bits per heavy atom. The molecule has 0 saturated heterocycles. The molecule has 0 bridgehead atoms. The third-order valence-corrected chi connectivity index (χ3v) is 5.74. The summed E-state index contributed by atoms with van der Waals surface area (Å²) < 4.78 is 8.54. The van der Waals surface area contributed by atoms with E-state index in [9.17, 15) is 0 Å². The summed E-state index contributed by atoms with van der Waals surface area (Å²) in [6.45, 7) is 0. The van der Waals surface area contributed by atoms with Crippen LogP contribution in [0.15, 0.2) is 83.4 Å². The smallest absolute Gasteiger partial charge is 0.136 e. The summed E-state index contributed by atoms with van der Waals surface area (Å²) in [6, 6.07) is 25.8. The summed E-state index contributed by atoms with van der Waals surface area (Å²) in [6.07, 6.45) is 2.19. The molecule has 2 heteroatoms. The van der Waals surface area contributed by atoms with E-state index in [1.165, 1.54) is 48.7 Å². The van der Waals surface area contributed by atoms with Gasteiger partial charge >= 0.3 is 0 Å². The van der Waals surface area contributed by atoms with Crippen molar-refractivity contribution in [2.24, 2.45) is 0 Å². The number of furan rings is 1. The van der Waals surface area contributed by atoms with Gasteiger partial charge in [-0.3, -0.25) is 0 Å². The van der Waals surface area contributed by atoms with Crippen molar-refractivity contribution in [2.45, 2.75) is 0 Å². The first-order valence-electron chi connectivity index (χ1n) is 8.88. The summed E-state index contributed by atoms with van der Waals surface area (Å²) in [5, 5.41) is 8.82. The van der Waals surface area contributed by atoms with Crippen LogP contribution in [0, 0.1) is 0 Å². The lowest BCUT2D eigenvalue weighted by atomic mass is 10.0. The topological polar surface area (TPSA) is 17.6 Å². The second-order valence-corrected chi connectivity index (χ2v) is 7.02. The molecule has 0 saturated carbocycles. The first-order chi connectivity index (χ1) is 12.9. The van der Waals surface area contributed by atoms with Crippen molar-refractivity contribution in [1.82, 2.24) is 4.40 Å². The number of hydrogen-bond acceptors (Lipinski definition) is 1. The lowest BCUT2D eigenvalue weighted by Gasteiger charge is -2.01. The molecule has 0 spiro atoms. The Hall–Kier alpha value is -3.52. The summed E-state index contributed by atoms with van der Waals surface area (Å²) in [7, 11) is 0. The van der Waals surface area contributed by atoms with Gasteiger partial charge in [-0.15, -0.1) is 0 Å². The van der Waals surface area contributed by atoms with Gasteiger partial charge in [-0.1, -0.05) is 48.5 Å². The zero-order valence-corrected chi connectivity index (χ0v) is 13.9. The number of nitrogens with zero attached hydrogens (tertiary/aromatic N) is 1. The molecule has 0 N–H and O–H groups in total. The van der Waals surface area contributed by atoms with Crippen molar-refractivity contribution < 1.29 is 4.42 Å². The van der Waals surface area contributed by atoms with Crippen LogP contribution >= 0.6 is 0 Å². The van der Waals surface area contributed by atoms with E-state index in [1.807, 2.05) is 12.1 Å². The highest BCUT2D eigenvalue weighted by atomic mass is 16.3. The van der Waals surface area contributed by atoms with Crippen LogP contribution in [0.25, 0.3) is 59.9 Å². The van der Waals surface area contributed by atoms with Crippen LogP contribution in [0.2, 0.25) is 0 Å². The van der Waals surface area contributed by atoms with Crippen molar-refractivity contribution in [3.8, 4) is 0 Å². The molecule has 0 aliphatic carbocycles. The molecule has 0 amide bonds. The Balaban J connectivity index is 1.86. The van der Waals surface area contributed by atoms with Crippen LogP contribution in [0.3, 0.4) is 0 Å². The van der Waals surface area contributed by atoms with Gasteiger partial charge in [-0.2, -0.15) is 0 Å². The van der Waals surface area contributed by atoms with E-state index in [0.717, 1.165) is 11.2 Å². The fourth-order valence-corrected chi connectivity index (χ4v) is 4.69. The van der Waals surface area contributed by atoms with Crippen LogP contribution in [0.4, 0.5) is 0 Å². The molecule has 7 aromatic rings. The minimum Gasteiger partial charge on any atom is -0.456 e. The largest absolute Gasteiger partial charge is 0.456 e. The average molecular weight is 331 g/mol. The van der Waals surface area contributed by atoms with Gasteiger partial charge in [0.15, 0.2) is 0 Å². The fraction of sp³-hybridized carbons (Fsp3) is 0. The zero-order chi connectivity index (χ0) is 16.8. The van der Waals surface area contributed by atoms with Crippen LogP contribution in [-0.2, 0) is 0 Å². The van der Waals surface area contributed by atoms with Gasteiger partial charge in [0, 0.05) is 33.1 Å². The molecular formula is C24H13NO. The standard InChI is InChI=1S/C24H13NO/c1-2-6-15-14(5-1)9-10-19-22(15)18-13-21-23(17-11-12-25(19)24(17)18)16-7-3-4-8-20(16)26-21/h1-13H. The zero-order valence-electron chi connectivity index (χ0n) is 13.9. The molecule has 0 atom stereocenters. The summed E-state index contributed by atoms with van der Waals surface area (Å²) >= 11 is 0. The molecule has 0 unspecified atom stereocenters. The molecule has 7 rings (SSSR count). The summed E-state index contributed by atoms with van der Waals surface area (Å²) in [5.74, 6) is 0. The molecule has 2 nitrogen and oxygen atoms in total. The van der Waals surface area contributed by atoms with Crippen LogP contribution in [0.5, 0.6) is 0 Å². The van der Waals surface area contributed by atoms with E-state index in [1.54, 1.807) is 0 Å². The van der Waals surface area contributed by atoms with E-state index in [-0.39, 0.29) is 0 Å². The van der Waals surface area contributed by atoms with Crippen molar-refractivity contribution in [3.63, 3.8) is 0 Å². The number of aromatic nitrogens is 1. The Morgan fingerprint density at radius 1 is 0.615 bits per heavy atom. The highest BCUT2D eigenvalue weighted by Gasteiger charge is 2.19. The molecule has 3 aromatic heterocycles. The van der Waals surface area contributed by atoms with E-state index in [4.69, 9.17) is 4.42 Å². The van der Waals surface area contributed by atoms with Crippen LogP contribution in [-0.4, -0.2) is 4.40 Å². The van der Waals surface area contributed by atoms with Gasteiger partial charge < -0.3 is 8.82 Å². The van der Waals surface area contributed by atoms with Gasteiger partial charge in [0.05, 0.1) is 11.0 Å². The number of fused-ring (bicyclic) bond motifs is 9. The number of hydrogen-bond donors (Lipinski definition) is 0. The molecule has 0 fully saturated rings. The van der Waals surface area contributed by atoms with Gasteiger partial charge in [-0.25, -0.2) is 0 Å².